The lowest BCUT2D eigenvalue weighted by molar-refractivity contribution is 0.223. The van der Waals surface area contributed by atoms with Gasteiger partial charge in [0, 0.05) is 16.6 Å². The van der Waals surface area contributed by atoms with Gasteiger partial charge in [-0.1, -0.05) is 34.1 Å². The molecule has 0 saturated heterocycles. The summed E-state index contributed by atoms with van der Waals surface area (Å²) in [5.74, 6) is -1.33. The van der Waals surface area contributed by atoms with E-state index in [1.807, 2.05) is 24.3 Å². The maximum Gasteiger partial charge on any atom is 0.129 e. The number of benzene rings is 2. The predicted molar refractivity (Wildman–Crippen MR) is 78.5 cm³/mol. The molecule has 106 valence electrons. The second-order valence-electron chi connectivity index (χ2n) is 4.79. The van der Waals surface area contributed by atoms with Crippen molar-refractivity contribution in [3.8, 4) is 0 Å². The molecule has 2 rings (SSSR count). The maximum atomic E-state index is 13.6. The number of hydrogen-bond acceptors (Lipinski definition) is 1. The van der Waals surface area contributed by atoms with Gasteiger partial charge in [-0.25, -0.2) is 8.78 Å². The van der Waals surface area contributed by atoms with Gasteiger partial charge in [-0.05, 0) is 48.6 Å². The summed E-state index contributed by atoms with van der Waals surface area (Å²) < 4.78 is 28.2. The van der Waals surface area contributed by atoms with Gasteiger partial charge in [-0.15, -0.1) is 0 Å². The van der Waals surface area contributed by atoms with Gasteiger partial charge in [-0.3, -0.25) is 0 Å². The lowest BCUT2D eigenvalue weighted by atomic mass is 9.93. The van der Waals surface area contributed by atoms with Crippen LogP contribution in [0.3, 0.4) is 0 Å². The monoisotopic (exact) mass is 340 g/mol. The van der Waals surface area contributed by atoms with E-state index in [4.69, 9.17) is 0 Å². The van der Waals surface area contributed by atoms with Gasteiger partial charge in [0.25, 0.3) is 0 Å². The third-order valence-corrected chi connectivity index (χ3v) is 3.72. The van der Waals surface area contributed by atoms with E-state index >= 15 is 0 Å². The van der Waals surface area contributed by atoms with Crippen molar-refractivity contribution in [3.05, 3.63) is 69.7 Å². The Morgan fingerprint density at radius 2 is 1.65 bits per heavy atom. The van der Waals surface area contributed by atoms with E-state index in [-0.39, 0.29) is 24.5 Å². The molecule has 0 heterocycles. The van der Waals surface area contributed by atoms with E-state index in [1.165, 1.54) is 18.2 Å². The Bertz CT molecular complexity index is 566. The van der Waals surface area contributed by atoms with Gasteiger partial charge in [0.2, 0.25) is 0 Å². The van der Waals surface area contributed by atoms with Gasteiger partial charge in [0.1, 0.15) is 11.6 Å². The van der Waals surface area contributed by atoms with Crippen LogP contribution >= 0.6 is 15.9 Å². The van der Waals surface area contributed by atoms with Crippen LogP contribution in [0.5, 0.6) is 0 Å². The summed E-state index contributed by atoms with van der Waals surface area (Å²) in [4.78, 5) is 0. The van der Waals surface area contributed by atoms with E-state index in [0.29, 0.717) is 6.42 Å². The summed E-state index contributed by atoms with van der Waals surface area (Å²) in [7, 11) is 0. The fourth-order valence-electron chi connectivity index (χ4n) is 2.21. The fourth-order valence-corrected chi connectivity index (χ4v) is 2.66. The average molecular weight is 341 g/mol. The molecule has 0 aliphatic heterocycles. The fraction of sp³-hybridized carbons (Fsp3) is 0.250. The van der Waals surface area contributed by atoms with Crippen molar-refractivity contribution in [1.82, 2.24) is 0 Å². The van der Waals surface area contributed by atoms with Crippen molar-refractivity contribution in [1.29, 1.82) is 0 Å². The highest BCUT2D eigenvalue weighted by Gasteiger charge is 2.16. The molecule has 0 aliphatic rings. The minimum Gasteiger partial charge on any atom is -0.396 e. The standard InChI is InChI=1S/C16H15BrF2O/c17-13-4-1-3-11(8-13)7-12(10-20)9-14-15(18)5-2-6-16(14)19/h1-6,8,12,20H,7,9-10H2. The number of halogens is 3. The molecule has 20 heavy (non-hydrogen) atoms. The second-order valence-corrected chi connectivity index (χ2v) is 5.70. The predicted octanol–water partition coefficient (Wildman–Crippen LogP) is 4.12. The molecule has 0 bridgehead atoms. The Morgan fingerprint density at radius 1 is 1.00 bits per heavy atom. The van der Waals surface area contributed by atoms with Crippen LogP contribution in [0.4, 0.5) is 8.78 Å². The first-order chi connectivity index (χ1) is 9.60. The number of aliphatic hydroxyl groups excluding tert-OH is 1. The van der Waals surface area contributed by atoms with Crippen LogP contribution in [-0.2, 0) is 12.8 Å². The summed E-state index contributed by atoms with van der Waals surface area (Å²) in [5.41, 5.74) is 1.07. The van der Waals surface area contributed by atoms with Crippen LogP contribution < -0.4 is 0 Å². The third kappa shape index (κ3) is 3.87. The van der Waals surface area contributed by atoms with Gasteiger partial charge < -0.3 is 5.11 Å². The molecule has 1 atom stereocenters. The minimum atomic E-state index is -0.558. The smallest absolute Gasteiger partial charge is 0.129 e. The lowest BCUT2D eigenvalue weighted by Crippen LogP contribution is -2.15. The molecule has 4 heteroatoms. The zero-order valence-electron chi connectivity index (χ0n) is 10.8. The first kappa shape index (κ1) is 15.1. The van der Waals surface area contributed by atoms with Crippen molar-refractivity contribution in [2.75, 3.05) is 6.61 Å². The molecule has 0 saturated carbocycles. The molecule has 1 unspecified atom stereocenters. The topological polar surface area (TPSA) is 20.2 Å². The molecule has 0 fully saturated rings. The summed E-state index contributed by atoms with van der Waals surface area (Å²) >= 11 is 3.38. The first-order valence-electron chi connectivity index (χ1n) is 6.38. The van der Waals surface area contributed by atoms with E-state index in [0.717, 1.165) is 10.0 Å². The average Bonchev–Trinajstić information content (AvgIpc) is 2.42. The highest BCUT2D eigenvalue weighted by molar-refractivity contribution is 9.10. The molecule has 0 radical (unpaired) electrons. The molecule has 0 aromatic heterocycles. The van der Waals surface area contributed by atoms with Crippen LogP contribution in [0.15, 0.2) is 46.9 Å². The Kier molecular flexibility index (Phi) is 5.26. The zero-order chi connectivity index (χ0) is 14.5. The van der Waals surface area contributed by atoms with Crippen molar-refractivity contribution in [2.45, 2.75) is 12.8 Å². The van der Waals surface area contributed by atoms with E-state index in [9.17, 15) is 13.9 Å². The Balaban J connectivity index is 2.13. The molecular formula is C16H15BrF2O. The van der Waals surface area contributed by atoms with E-state index < -0.39 is 11.6 Å². The van der Waals surface area contributed by atoms with Crippen LogP contribution in [0.25, 0.3) is 0 Å². The van der Waals surface area contributed by atoms with Gasteiger partial charge >= 0.3 is 0 Å². The summed E-state index contributed by atoms with van der Waals surface area (Å²) in [6.45, 7) is -0.111. The minimum absolute atomic E-state index is 0.0431. The molecule has 0 spiro atoms. The maximum absolute atomic E-state index is 13.6. The summed E-state index contributed by atoms with van der Waals surface area (Å²) in [6, 6.07) is 11.5. The molecule has 2 aromatic rings. The first-order valence-corrected chi connectivity index (χ1v) is 7.17. The van der Waals surface area contributed by atoms with E-state index in [2.05, 4.69) is 15.9 Å². The quantitative estimate of drug-likeness (QED) is 0.867. The zero-order valence-corrected chi connectivity index (χ0v) is 12.4. The van der Waals surface area contributed by atoms with Crippen LogP contribution in [0.1, 0.15) is 11.1 Å². The Labute approximate surface area is 125 Å². The van der Waals surface area contributed by atoms with Crippen LogP contribution in [0.2, 0.25) is 0 Å². The summed E-state index contributed by atoms with van der Waals surface area (Å²) in [6.07, 6.45) is 0.755. The summed E-state index contributed by atoms with van der Waals surface area (Å²) in [5, 5.41) is 9.44. The van der Waals surface area contributed by atoms with Crippen molar-refractivity contribution < 1.29 is 13.9 Å². The number of rotatable bonds is 5. The highest BCUT2D eigenvalue weighted by Crippen LogP contribution is 2.21. The molecular weight excluding hydrogens is 326 g/mol. The molecule has 0 aliphatic carbocycles. The largest absolute Gasteiger partial charge is 0.396 e. The molecule has 1 nitrogen and oxygen atoms in total. The highest BCUT2D eigenvalue weighted by atomic mass is 79.9. The molecule has 0 amide bonds. The number of hydrogen-bond donors (Lipinski definition) is 1. The SMILES string of the molecule is OCC(Cc1cccc(Br)c1)Cc1c(F)cccc1F. The van der Waals surface area contributed by atoms with Crippen LogP contribution in [0, 0.1) is 17.6 Å². The lowest BCUT2D eigenvalue weighted by Gasteiger charge is -2.15. The van der Waals surface area contributed by atoms with E-state index in [1.54, 1.807) is 0 Å². The molecule has 1 N–H and O–H groups in total. The number of aliphatic hydroxyl groups is 1. The third-order valence-electron chi connectivity index (χ3n) is 3.23. The molecule has 2 aromatic carbocycles. The van der Waals surface area contributed by atoms with Crippen molar-refractivity contribution in [3.63, 3.8) is 0 Å². The second kappa shape index (κ2) is 6.95. The van der Waals surface area contributed by atoms with Gasteiger partial charge in [-0.2, -0.15) is 0 Å². The van der Waals surface area contributed by atoms with Crippen molar-refractivity contribution >= 4 is 15.9 Å². The van der Waals surface area contributed by atoms with Crippen molar-refractivity contribution in [2.24, 2.45) is 5.92 Å². The van der Waals surface area contributed by atoms with Crippen LogP contribution in [-0.4, -0.2) is 11.7 Å². The van der Waals surface area contributed by atoms with Gasteiger partial charge in [0.05, 0.1) is 0 Å². The normalized spacial score (nSPS) is 12.4. The van der Waals surface area contributed by atoms with Gasteiger partial charge in [0.15, 0.2) is 0 Å². The Morgan fingerprint density at radius 3 is 2.25 bits per heavy atom. The Hall–Kier alpha value is -1.26.